The van der Waals surface area contributed by atoms with E-state index >= 15 is 0 Å². The van der Waals surface area contributed by atoms with Gasteiger partial charge in [-0.1, -0.05) is 12.1 Å². The molecule has 0 bridgehead atoms. The molecule has 0 aliphatic carbocycles. The molecule has 1 aliphatic heterocycles. The second-order valence-corrected chi connectivity index (χ2v) is 5.25. The summed E-state index contributed by atoms with van der Waals surface area (Å²) in [5.74, 6) is 3.46. The minimum atomic E-state index is 0.825. The topological polar surface area (TPSA) is 38.0 Å². The third-order valence-electron chi connectivity index (χ3n) is 2.88. The molecule has 3 N–H and O–H groups in total. The average Bonchev–Trinajstić information content (AvgIpc) is 2.29. The average molecular weight is 222 g/mol. The first-order chi connectivity index (χ1) is 7.36. The van der Waals surface area contributed by atoms with Crippen LogP contribution in [-0.2, 0) is 0 Å². The fraction of sp³-hybridized carbons (Fsp3) is 0.500. The van der Waals surface area contributed by atoms with E-state index in [9.17, 15) is 0 Å². The van der Waals surface area contributed by atoms with Gasteiger partial charge in [-0.15, -0.1) is 0 Å². The van der Waals surface area contributed by atoms with Gasteiger partial charge in [-0.2, -0.15) is 11.8 Å². The van der Waals surface area contributed by atoms with Crippen molar-refractivity contribution in [1.29, 1.82) is 0 Å². The van der Waals surface area contributed by atoms with Crippen LogP contribution in [0.3, 0.4) is 0 Å². The summed E-state index contributed by atoms with van der Waals surface area (Å²) in [5, 5.41) is 3.45. The van der Waals surface area contributed by atoms with Gasteiger partial charge in [0.1, 0.15) is 0 Å². The zero-order valence-corrected chi connectivity index (χ0v) is 9.72. The number of nitrogens with one attached hydrogen (secondary N) is 1. The highest BCUT2D eigenvalue weighted by Crippen LogP contribution is 2.24. The van der Waals surface area contributed by atoms with E-state index in [1.165, 1.54) is 24.3 Å². The SMILES string of the molecule is Nc1ccccc1NCC1CCSCC1. The van der Waals surface area contributed by atoms with Crippen molar-refractivity contribution < 1.29 is 0 Å². The van der Waals surface area contributed by atoms with Gasteiger partial charge < -0.3 is 11.1 Å². The Kier molecular flexibility index (Phi) is 3.78. The molecule has 2 rings (SSSR count). The van der Waals surface area contributed by atoms with Crippen LogP contribution in [0.4, 0.5) is 11.4 Å². The third-order valence-corrected chi connectivity index (χ3v) is 3.93. The maximum absolute atomic E-state index is 5.87. The molecule has 0 unspecified atom stereocenters. The largest absolute Gasteiger partial charge is 0.397 e. The smallest absolute Gasteiger partial charge is 0.0573 e. The van der Waals surface area contributed by atoms with Crippen LogP contribution in [0, 0.1) is 5.92 Å². The Labute approximate surface area is 95.6 Å². The van der Waals surface area contributed by atoms with Crippen LogP contribution in [0.15, 0.2) is 24.3 Å². The number of benzene rings is 1. The van der Waals surface area contributed by atoms with Gasteiger partial charge in [-0.3, -0.25) is 0 Å². The number of thioether (sulfide) groups is 1. The molecular weight excluding hydrogens is 204 g/mol. The van der Waals surface area contributed by atoms with Crippen molar-refractivity contribution in [3.8, 4) is 0 Å². The first kappa shape index (κ1) is 10.7. The van der Waals surface area contributed by atoms with Crippen molar-refractivity contribution in [2.75, 3.05) is 29.1 Å². The molecule has 0 amide bonds. The Bertz CT molecular complexity index is 308. The minimum absolute atomic E-state index is 0.825. The lowest BCUT2D eigenvalue weighted by atomic mass is 10.0. The molecule has 0 spiro atoms. The van der Waals surface area contributed by atoms with Gasteiger partial charge in [-0.25, -0.2) is 0 Å². The van der Waals surface area contributed by atoms with Gasteiger partial charge in [0.2, 0.25) is 0 Å². The third kappa shape index (κ3) is 3.06. The maximum Gasteiger partial charge on any atom is 0.0573 e. The van der Waals surface area contributed by atoms with Crippen molar-refractivity contribution >= 4 is 23.1 Å². The molecule has 1 heterocycles. The van der Waals surface area contributed by atoms with Crippen molar-refractivity contribution in [3.05, 3.63) is 24.3 Å². The van der Waals surface area contributed by atoms with E-state index in [-0.39, 0.29) is 0 Å². The number of nitrogens with two attached hydrogens (primary N) is 1. The summed E-state index contributed by atoms with van der Waals surface area (Å²) in [6.07, 6.45) is 2.68. The molecule has 15 heavy (non-hydrogen) atoms. The number of anilines is 2. The van der Waals surface area contributed by atoms with E-state index in [1.807, 2.05) is 24.3 Å². The normalized spacial score (nSPS) is 17.6. The van der Waals surface area contributed by atoms with Crippen molar-refractivity contribution in [2.24, 2.45) is 5.92 Å². The first-order valence-corrected chi connectivity index (χ1v) is 6.68. The summed E-state index contributed by atoms with van der Waals surface area (Å²) in [4.78, 5) is 0. The Balaban J connectivity index is 1.84. The zero-order chi connectivity index (χ0) is 10.5. The van der Waals surface area contributed by atoms with Gasteiger partial charge in [0.25, 0.3) is 0 Å². The molecule has 1 aromatic carbocycles. The summed E-state index contributed by atoms with van der Waals surface area (Å²) in [6.45, 7) is 1.06. The number of hydrogen-bond donors (Lipinski definition) is 2. The monoisotopic (exact) mass is 222 g/mol. The number of nitrogen functional groups attached to an aromatic ring is 1. The Morgan fingerprint density at radius 2 is 2.00 bits per heavy atom. The summed E-state index contributed by atoms with van der Waals surface area (Å²) < 4.78 is 0. The minimum Gasteiger partial charge on any atom is -0.397 e. The molecule has 1 fully saturated rings. The molecule has 2 nitrogen and oxygen atoms in total. The predicted octanol–water partition coefficient (Wildman–Crippen LogP) is 2.82. The van der Waals surface area contributed by atoms with Gasteiger partial charge in [-0.05, 0) is 42.4 Å². The summed E-state index contributed by atoms with van der Waals surface area (Å²) in [7, 11) is 0. The van der Waals surface area contributed by atoms with E-state index in [2.05, 4.69) is 17.1 Å². The van der Waals surface area contributed by atoms with Crippen LogP contribution in [0.25, 0.3) is 0 Å². The Morgan fingerprint density at radius 1 is 1.27 bits per heavy atom. The van der Waals surface area contributed by atoms with E-state index in [4.69, 9.17) is 5.73 Å². The molecule has 1 saturated heterocycles. The molecular formula is C12H18N2S. The van der Waals surface area contributed by atoms with Crippen LogP contribution in [0.5, 0.6) is 0 Å². The van der Waals surface area contributed by atoms with Crippen LogP contribution >= 0.6 is 11.8 Å². The maximum atomic E-state index is 5.87. The summed E-state index contributed by atoms with van der Waals surface area (Å²) >= 11 is 2.07. The molecule has 0 saturated carbocycles. The van der Waals surface area contributed by atoms with E-state index < -0.39 is 0 Å². The van der Waals surface area contributed by atoms with Crippen LogP contribution in [-0.4, -0.2) is 18.1 Å². The van der Waals surface area contributed by atoms with E-state index in [1.54, 1.807) is 0 Å². The summed E-state index contributed by atoms with van der Waals surface area (Å²) in [5.41, 5.74) is 7.80. The highest BCUT2D eigenvalue weighted by atomic mass is 32.2. The van der Waals surface area contributed by atoms with Crippen molar-refractivity contribution in [3.63, 3.8) is 0 Å². The first-order valence-electron chi connectivity index (χ1n) is 5.52. The van der Waals surface area contributed by atoms with Crippen LogP contribution in [0.1, 0.15) is 12.8 Å². The Hall–Kier alpha value is -0.830. The fourth-order valence-electron chi connectivity index (χ4n) is 1.86. The summed E-state index contributed by atoms with van der Waals surface area (Å²) in [6, 6.07) is 7.99. The molecule has 1 aliphatic rings. The highest BCUT2D eigenvalue weighted by molar-refractivity contribution is 7.99. The van der Waals surface area contributed by atoms with E-state index in [0.29, 0.717) is 0 Å². The van der Waals surface area contributed by atoms with Gasteiger partial charge in [0, 0.05) is 6.54 Å². The van der Waals surface area contributed by atoms with Gasteiger partial charge >= 0.3 is 0 Å². The molecule has 0 atom stereocenters. The van der Waals surface area contributed by atoms with Crippen molar-refractivity contribution in [1.82, 2.24) is 0 Å². The Morgan fingerprint density at radius 3 is 2.73 bits per heavy atom. The van der Waals surface area contributed by atoms with E-state index in [0.717, 1.165) is 23.8 Å². The fourth-order valence-corrected chi connectivity index (χ4v) is 3.07. The lowest BCUT2D eigenvalue weighted by molar-refractivity contribution is 0.516. The second kappa shape index (κ2) is 5.31. The second-order valence-electron chi connectivity index (χ2n) is 4.02. The molecule has 0 radical (unpaired) electrons. The van der Waals surface area contributed by atoms with Gasteiger partial charge in [0.15, 0.2) is 0 Å². The van der Waals surface area contributed by atoms with Gasteiger partial charge in [0.05, 0.1) is 11.4 Å². The standard InChI is InChI=1S/C12H18N2S/c13-11-3-1-2-4-12(11)14-9-10-5-7-15-8-6-10/h1-4,10,14H,5-9,13H2. The van der Waals surface area contributed by atoms with Crippen LogP contribution in [0.2, 0.25) is 0 Å². The lowest BCUT2D eigenvalue weighted by Crippen LogP contribution is -2.19. The molecule has 1 aromatic rings. The predicted molar refractivity (Wildman–Crippen MR) is 69.4 cm³/mol. The molecule has 82 valence electrons. The molecule has 0 aromatic heterocycles. The lowest BCUT2D eigenvalue weighted by Gasteiger charge is -2.22. The zero-order valence-electron chi connectivity index (χ0n) is 8.91. The quantitative estimate of drug-likeness (QED) is 0.772. The number of rotatable bonds is 3. The van der Waals surface area contributed by atoms with Crippen LogP contribution < -0.4 is 11.1 Å². The number of hydrogen-bond acceptors (Lipinski definition) is 3. The molecule has 3 heteroatoms. The highest BCUT2D eigenvalue weighted by Gasteiger charge is 2.13. The number of para-hydroxylation sites is 2. The van der Waals surface area contributed by atoms with Crippen molar-refractivity contribution in [2.45, 2.75) is 12.8 Å².